The summed E-state index contributed by atoms with van der Waals surface area (Å²) >= 11 is 18.7. The summed E-state index contributed by atoms with van der Waals surface area (Å²) in [6.07, 6.45) is 17.8. The van der Waals surface area contributed by atoms with Crippen LogP contribution in [0.3, 0.4) is 0 Å². The molecule has 14 rings (SSSR count). The van der Waals surface area contributed by atoms with Gasteiger partial charge in [-0.15, -0.1) is 12.4 Å². The summed E-state index contributed by atoms with van der Waals surface area (Å²) in [5.74, 6) is -0.917. The van der Waals surface area contributed by atoms with E-state index in [1.165, 1.54) is 76.9 Å². The highest BCUT2D eigenvalue weighted by atomic mass is 35.5. The Bertz CT molecular complexity index is 5540. The van der Waals surface area contributed by atoms with Gasteiger partial charge in [-0.05, 0) is 150 Å². The number of primary amides is 2. The fourth-order valence-corrected chi connectivity index (χ4v) is 55.0. The van der Waals surface area contributed by atoms with Crippen LogP contribution >= 0.6 is 12.4 Å². The first-order valence-electron chi connectivity index (χ1n) is 31.6. The van der Waals surface area contributed by atoms with E-state index in [-0.39, 0.29) is 55.3 Å². The first-order chi connectivity index (χ1) is 50.5. The number of rotatable bonds is 13. The van der Waals surface area contributed by atoms with Crippen LogP contribution in [0.4, 0.5) is 5.82 Å². The number of fused-ring (bicyclic) bond motifs is 8. The normalized spacial score (nSPS) is 17.6. The lowest BCUT2D eigenvalue weighted by Crippen LogP contribution is -2.51. The average Bonchev–Trinajstić information content (AvgIpc) is 1.62. The standard InChI is InChI=1S/C30H31N7O3.C17H16N4O3.C14H18N2O.ClH.S12.S11/c1-17-4-2-6-26(33-17)34-30(40)28-19-7-9-20(12-19)37(28)27(38)16-35-15-23(29(31)39)21-13-18(8-10-24(21)35)22-14-32-36-11-3-5-25(22)36;18-17(24)13-8-20(9-16(22)23)14-4-3-10(6-11(13)14)12-7-19-21-5-1-2-15(12)21;1-9-3-2-4-11(15-9)8-13(17)14-10-5-6-12(7-10)16-14;;1-3-5-7-9-11-12-10-8-6-4-2;1-3-5-7-9-11-10-8-6-4-2/h2,4,6,8,10,13-15,19-20,28H,3,5,7,9,11-12,16H2,1H3,(H2,31,39)(H,33,34,40);3-4,6-8H,1-2,5,9H2,(H2,18,24)(H,22,23);2-4,10,12,14,16H,5-8H2,1H3;1H;;/t19?,20?,28-;;10?,12?,14-;;;/m0.0.../s1. The van der Waals surface area contributed by atoms with E-state index in [1.54, 1.807) is 155 Å². The van der Waals surface area contributed by atoms with Gasteiger partial charge in [0.25, 0.3) is 11.8 Å². The number of aryl methyl sites for hydroxylation is 4. The Morgan fingerprint density at radius 1 is 0.590 bits per heavy atom. The number of Topliss-reactive ketones (excluding diaryl/α,β-unsaturated/α-hetero) is 1. The number of carbonyl (C=O) groups excluding carboxylic acids is 5. The molecule has 8 aromatic rings. The Labute approximate surface area is 685 Å². The van der Waals surface area contributed by atoms with E-state index in [9.17, 15) is 28.8 Å². The van der Waals surface area contributed by atoms with Gasteiger partial charge in [-0.2, -0.15) is 10.2 Å². The second-order valence-electron chi connectivity index (χ2n) is 23.8. The maximum atomic E-state index is 13.8. The van der Waals surface area contributed by atoms with Crippen LogP contribution in [0.25, 0.3) is 44.1 Å². The summed E-state index contributed by atoms with van der Waals surface area (Å²) in [4.78, 5) is 85.2. The molecule has 6 atom stereocenters. The number of nitrogens with two attached hydrogens (primary N) is 2. The number of carbonyl (C=O) groups is 6. The van der Waals surface area contributed by atoms with Crippen LogP contribution in [-0.2, 0) is 278 Å². The van der Waals surface area contributed by atoms with Gasteiger partial charge in [0.2, 0.25) is 11.8 Å². The molecule has 10 heterocycles. The Morgan fingerprint density at radius 2 is 1.08 bits per heavy atom. The average molecular weight is 1870 g/mol. The molecule has 0 spiro atoms. The largest absolute Gasteiger partial charge is 0.480 e. The number of hydrogen-bond donors (Lipinski definition) is 5. The lowest BCUT2D eigenvalue weighted by Gasteiger charge is -2.34. The van der Waals surface area contributed by atoms with Crippen LogP contribution in [0, 0.1) is 25.7 Å². The molecule has 20 nitrogen and oxygen atoms in total. The number of benzene rings is 2. The van der Waals surface area contributed by atoms with Crippen LogP contribution in [0.5, 0.6) is 0 Å². The van der Waals surface area contributed by atoms with Crippen molar-refractivity contribution in [2.45, 2.75) is 135 Å². The number of ketones is 1. The molecule has 2 aliphatic carbocycles. The Kier molecular flexibility index (Phi) is 35.4. The van der Waals surface area contributed by atoms with Gasteiger partial charge in [-0.3, -0.25) is 43.1 Å². The summed E-state index contributed by atoms with van der Waals surface area (Å²) in [6, 6.07) is 23.1. The van der Waals surface area contributed by atoms with Gasteiger partial charge >= 0.3 is 5.97 Å². The van der Waals surface area contributed by atoms with Crippen molar-refractivity contribution < 1.29 is 33.9 Å². The van der Waals surface area contributed by atoms with E-state index in [2.05, 4.69) is 75.6 Å². The quantitative estimate of drug-likeness (QED) is 0.0784. The Hall–Kier alpha value is -3.43. The molecular weight excluding hydrogens is 1800 g/mol. The first-order valence-corrected chi connectivity index (χ1v) is 59.6. The number of carboxylic acids is 1. The van der Waals surface area contributed by atoms with Crippen molar-refractivity contribution in [1.29, 1.82) is 0 Å². The fourth-order valence-electron chi connectivity index (χ4n) is 13.8. The SMILES string of the molecule is Cc1cccc(CC(=O)[C@H]2NC3CCC2C3)n1.Cc1cccc(NC(=O)[C@@H]2C3CCC(C3)N2C(=O)Cn2cc(C(N)=O)c3cc(-c4cnn5c4CCC5)ccc32)n1.Cl.NC(=O)c1cn(CC(=O)O)c2ccc(-c3cnn4c3CCC4)cc12.S=S=S=S=S=S=S=S=S=S=S.S=S=S=S=S=S=S=S=S=S=S=S. The van der Waals surface area contributed by atoms with Crippen molar-refractivity contribution >= 4 is 289 Å². The zero-order chi connectivity index (χ0) is 73.7. The highest BCUT2D eigenvalue weighted by Gasteiger charge is 2.51. The van der Waals surface area contributed by atoms with Crippen molar-refractivity contribution in [3.63, 3.8) is 0 Å². The lowest BCUT2D eigenvalue weighted by atomic mass is 9.94. The molecule has 7 N–H and O–H groups in total. The summed E-state index contributed by atoms with van der Waals surface area (Å²) in [7, 11) is 30.8. The molecule has 2 aromatic carbocycles. The van der Waals surface area contributed by atoms with Gasteiger partial charge in [-0.1, -0.05) is 24.3 Å². The first kappa shape index (κ1) is 85.6. The number of nitrogens with one attached hydrogen (secondary N) is 2. The van der Waals surface area contributed by atoms with Crippen LogP contribution in [0.1, 0.15) is 101 Å². The monoisotopic (exact) mass is 1860 g/mol. The van der Waals surface area contributed by atoms with Gasteiger partial charge in [0.1, 0.15) is 24.9 Å². The molecule has 4 amide bonds. The molecular formula is C61H66ClN13O7S23. The van der Waals surface area contributed by atoms with Gasteiger partial charge in [0.05, 0.1) is 36.0 Å². The summed E-state index contributed by atoms with van der Waals surface area (Å²) in [5.41, 5.74) is 22.5. The number of amides is 4. The molecule has 2 saturated carbocycles. The van der Waals surface area contributed by atoms with E-state index >= 15 is 0 Å². The van der Waals surface area contributed by atoms with Gasteiger partial charge in [0.15, 0.2) is 5.78 Å². The molecule has 105 heavy (non-hydrogen) atoms. The third-order valence-corrected chi connectivity index (χ3v) is 55.5. The molecule has 4 aliphatic heterocycles. The summed E-state index contributed by atoms with van der Waals surface area (Å²) in [6.45, 7) is 5.48. The number of piperidine rings is 2. The number of pyridine rings is 2. The number of anilines is 1. The molecule has 6 aromatic heterocycles. The van der Waals surface area contributed by atoms with Crippen LogP contribution in [-0.4, -0.2) is 108 Å². The Balaban J connectivity index is 0.000000167. The molecule has 2 saturated heterocycles. The highest BCUT2D eigenvalue weighted by Crippen LogP contribution is 2.44. The lowest BCUT2D eigenvalue weighted by molar-refractivity contribution is -0.141. The van der Waals surface area contributed by atoms with Crippen LogP contribution in [0.15, 0.2) is 97.6 Å². The third-order valence-electron chi connectivity index (χ3n) is 17.8. The second-order valence-corrected chi connectivity index (χ2v) is 57.4. The summed E-state index contributed by atoms with van der Waals surface area (Å²) in [5, 5.41) is 25.7. The smallest absolute Gasteiger partial charge is 0.323 e. The van der Waals surface area contributed by atoms with Gasteiger partial charge in [0, 0.05) is 312 Å². The van der Waals surface area contributed by atoms with Crippen molar-refractivity contribution in [2.24, 2.45) is 23.3 Å². The predicted molar refractivity (Wildman–Crippen MR) is 479 cm³/mol. The number of halogens is 1. The summed E-state index contributed by atoms with van der Waals surface area (Å²) < 4.78 is 7.35. The molecule has 562 valence electrons. The number of hydrogen-bond acceptors (Lipinski definition) is 15. The molecule has 4 bridgehead atoms. The van der Waals surface area contributed by atoms with E-state index in [1.807, 2.05) is 102 Å². The van der Waals surface area contributed by atoms with Gasteiger partial charge < -0.3 is 41.2 Å². The molecule has 0 radical (unpaired) electrons. The molecule has 6 aliphatic rings. The topological polar surface area (TPSA) is 273 Å². The van der Waals surface area contributed by atoms with Gasteiger partial charge in [-0.25, -0.2) is 4.98 Å². The minimum Gasteiger partial charge on any atom is -0.480 e. The zero-order valence-electron chi connectivity index (χ0n) is 55.2. The maximum absolute atomic E-state index is 13.8. The van der Waals surface area contributed by atoms with E-state index in [0.717, 1.165) is 103 Å². The van der Waals surface area contributed by atoms with E-state index in [0.29, 0.717) is 57.4 Å². The molecule has 4 unspecified atom stereocenters. The minimum atomic E-state index is -0.971. The number of carboxylic acid groups (broad SMARTS) is 1. The number of likely N-dealkylation sites (tertiary alicyclic amines) is 1. The van der Waals surface area contributed by atoms with Crippen molar-refractivity contribution in [1.82, 2.24) is 48.9 Å². The van der Waals surface area contributed by atoms with Crippen LogP contribution < -0.4 is 22.1 Å². The number of nitrogens with zero attached hydrogens (tertiary/aromatic N) is 9. The predicted octanol–water partition coefficient (Wildman–Crippen LogP) is 6.91. The Morgan fingerprint density at radius 3 is 1.53 bits per heavy atom. The third kappa shape index (κ3) is 23.6. The van der Waals surface area contributed by atoms with Crippen LogP contribution in [0.2, 0.25) is 0 Å². The van der Waals surface area contributed by atoms with E-state index < -0.39 is 23.8 Å². The maximum Gasteiger partial charge on any atom is 0.323 e. The molecule has 44 heteroatoms. The second kappa shape index (κ2) is 43.4. The van der Waals surface area contributed by atoms with E-state index in [4.69, 9.17) is 16.6 Å². The molecule has 4 fully saturated rings. The zero-order valence-corrected chi connectivity index (χ0v) is 74.8. The number of aromatic nitrogens is 8. The van der Waals surface area contributed by atoms with Crippen molar-refractivity contribution in [2.75, 3.05) is 5.32 Å². The van der Waals surface area contributed by atoms with Crippen molar-refractivity contribution in [3.05, 3.63) is 137 Å². The highest BCUT2D eigenvalue weighted by molar-refractivity contribution is 8.75. The minimum absolute atomic E-state index is 0. The number of aliphatic carboxylic acids is 1. The fraction of sp³-hybridized carbons (Fsp3) is 0.377. The van der Waals surface area contributed by atoms with Crippen molar-refractivity contribution in [3.8, 4) is 22.3 Å².